The van der Waals surface area contributed by atoms with E-state index in [4.69, 9.17) is 15.6 Å². The molecule has 0 unspecified atom stereocenters. The van der Waals surface area contributed by atoms with Crippen LogP contribution in [0.4, 0.5) is 5.82 Å². The van der Waals surface area contributed by atoms with Crippen molar-refractivity contribution in [2.24, 2.45) is 0 Å². The number of amides is 1. The molecular weight excluding hydrogens is 496 g/mol. The second-order valence-electron chi connectivity index (χ2n) is 7.97. The number of nitrogens with two attached hydrogens (primary N) is 1. The molecule has 0 radical (unpaired) electrons. The smallest absolute Gasteiger partial charge is 0.246 e. The van der Waals surface area contributed by atoms with Crippen molar-refractivity contribution >= 4 is 38.7 Å². The maximum atomic E-state index is 12.4. The fourth-order valence-corrected chi connectivity index (χ4v) is 4.34. The molecule has 0 bridgehead atoms. The molecule has 1 saturated heterocycles. The molecule has 34 heavy (non-hydrogen) atoms. The lowest BCUT2D eigenvalue weighted by atomic mass is 10.1. The summed E-state index contributed by atoms with van der Waals surface area (Å²) in [6.45, 7) is 1.23. The van der Waals surface area contributed by atoms with Crippen molar-refractivity contribution in [2.75, 3.05) is 24.2 Å². The van der Waals surface area contributed by atoms with Crippen molar-refractivity contribution in [1.29, 1.82) is 0 Å². The van der Waals surface area contributed by atoms with Gasteiger partial charge in [-0.2, -0.15) is 5.10 Å². The second kappa shape index (κ2) is 9.64. The van der Waals surface area contributed by atoms with Crippen LogP contribution in [-0.4, -0.2) is 49.0 Å². The van der Waals surface area contributed by atoms with Crippen LogP contribution in [0.2, 0.25) is 0 Å². The highest BCUT2D eigenvalue weighted by Crippen LogP contribution is 2.35. The number of ether oxygens (including phenoxy) is 1. The van der Waals surface area contributed by atoms with Crippen LogP contribution < -0.4 is 10.5 Å². The van der Waals surface area contributed by atoms with E-state index in [0.717, 1.165) is 23.5 Å². The molecule has 172 valence electrons. The molecule has 3 heterocycles. The number of alkyl halides is 1. The average Bonchev–Trinajstić information content (AvgIpc) is 3.50. The lowest BCUT2D eigenvalue weighted by molar-refractivity contribution is -0.125. The van der Waals surface area contributed by atoms with Crippen LogP contribution in [-0.2, 0) is 4.79 Å². The van der Waals surface area contributed by atoms with Gasteiger partial charge in [0.15, 0.2) is 5.65 Å². The summed E-state index contributed by atoms with van der Waals surface area (Å²) >= 11 is 3.31. The van der Waals surface area contributed by atoms with Gasteiger partial charge in [-0.05, 0) is 48.9 Å². The summed E-state index contributed by atoms with van der Waals surface area (Å²) in [6.07, 6.45) is 5.64. The Balaban J connectivity index is 1.45. The molecule has 8 nitrogen and oxygen atoms in total. The van der Waals surface area contributed by atoms with Gasteiger partial charge < -0.3 is 15.4 Å². The SMILES string of the molecule is Nc1ncnc2c1c(-c1ccc(Oc3ccccc3)cc1)nn2[C@@H]1CCN(C(=O)C=CCBr)C1. The van der Waals surface area contributed by atoms with Crippen molar-refractivity contribution in [2.45, 2.75) is 12.5 Å². The van der Waals surface area contributed by atoms with Gasteiger partial charge in [0.25, 0.3) is 0 Å². The van der Waals surface area contributed by atoms with E-state index in [-0.39, 0.29) is 11.9 Å². The van der Waals surface area contributed by atoms with Crippen LogP contribution in [0, 0.1) is 0 Å². The van der Waals surface area contributed by atoms with E-state index in [1.807, 2.05) is 64.2 Å². The Morgan fingerprint density at radius 2 is 1.88 bits per heavy atom. The van der Waals surface area contributed by atoms with Gasteiger partial charge in [0.05, 0.1) is 11.4 Å². The summed E-state index contributed by atoms with van der Waals surface area (Å²) in [7, 11) is 0. The number of carbonyl (C=O) groups excluding carboxylic acids is 1. The first kappa shape index (κ1) is 22.1. The van der Waals surface area contributed by atoms with Crippen molar-refractivity contribution in [3.05, 3.63) is 73.1 Å². The van der Waals surface area contributed by atoms with E-state index >= 15 is 0 Å². The normalized spacial score (nSPS) is 15.9. The van der Waals surface area contributed by atoms with Crippen LogP contribution in [0.5, 0.6) is 11.5 Å². The van der Waals surface area contributed by atoms with Crippen molar-refractivity contribution in [3.63, 3.8) is 0 Å². The van der Waals surface area contributed by atoms with Crippen molar-refractivity contribution < 1.29 is 9.53 Å². The van der Waals surface area contributed by atoms with Gasteiger partial charge in [0, 0.05) is 24.0 Å². The molecule has 5 rings (SSSR count). The van der Waals surface area contributed by atoms with Crippen LogP contribution >= 0.6 is 15.9 Å². The molecule has 2 aromatic carbocycles. The third kappa shape index (κ3) is 4.38. The number of benzene rings is 2. The zero-order valence-corrected chi connectivity index (χ0v) is 19.9. The van der Waals surface area contributed by atoms with Gasteiger partial charge >= 0.3 is 0 Å². The zero-order chi connectivity index (χ0) is 23.5. The van der Waals surface area contributed by atoms with Crippen LogP contribution in [0.3, 0.4) is 0 Å². The monoisotopic (exact) mass is 518 g/mol. The van der Waals surface area contributed by atoms with Gasteiger partial charge in [-0.3, -0.25) is 4.79 Å². The number of nitrogens with zero attached hydrogens (tertiary/aromatic N) is 5. The molecule has 1 aliphatic rings. The van der Waals surface area contributed by atoms with Crippen LogP contribution in [0.1, 0.15) is 12.5 Å². The topological polar surface area (TPSA) is 99.2 Å². The van der Waals surface area contributed by atoms with E-state index in [0.29, 0.717) is 41.0 Å². The molecule has 2 aromatic heterocycles. The molecule has 9 heteroatoms. The second-order valence-corrected chi connectivity index (χ2v) is 8.62. The summed E-state index contributed by atoms with van der Waals surface area (Å²) < 4.78 is 7.80. The predicted molar refractivity (Wildman–Crippen MR) is 135 cm³/mol. The van der Waals surface area contributed by atoms with Crippen molar-refractivity contribution in [1.82, 2.24) is 24.6 Å². The molecule has 1 aliphatic heterocycles. The van der Waals surface area contributed by atoms with Gasteiger partial charge in [-0.25, -0.2) is 14.6 Å². The number of anilines is 1. The number of fused-ring (bicyclic) bond motifs is 1. The first-order chi connectivity index (χ1) is 16.6. The third-order valence-electron chi connectivity index (χ3n) is 5.80. The predicted octanol–water partition coefficient (Wildman–Crippen LogP) is 4.59. The molecule has 1 atom stereocenters. The van der Waals surface area contributed by atoms with Gasteiger partial charge in [-0.1, -0.05) is 40.2 Å². The lowest BCUT2D eigenvalue weighted by Gasteiger charge is -2.15. The Morgan fingerprint density at radius 1 is 1.12 bits per heavy atom. The van der Waals surface area contributed by atoms with Gasteiger partial charge in [-0.15, -0.1) is 0 Å². The Labute approximate surface area is 205 Å². The number of carbonyl (C=O) groups is 1. The number of para-hydroxylation sites is 1. The summed E-state index contributed by atoms with van der Waals surface area (Å²) in [6, 6.07) is 17.3. The Bertz CT molecular complexity index is 1340. The molecule has 1 amide bonds. The number of nitrogen functional groups attached to an aromatic ring is 1. The van der Waals surface area contributed by atoms with Crippen LogP contribution in [0.15, 0.2) is 73.1 Å². The standard InChI is InChI=1S/C25H23BrN6O2/c26-13-4-7-21(33)31-14-12-18(15-31)32-25-22(24(27)28-16-29-25)23(30-32)17-8-10-20(11-9-17)34-19-5-2-1-3-6-19/h1-11,16,18H,12-15H2,(H2,27,28,29)/t18-/m1/s1. The molecule has 0 spiro atoms. The first-order valence-electron chi connectivity index (χ1n) is 11.0. The molecule has 2 N–H and O–H groups in total. The molecular formula is C25H23BrN6O2. The third-order valence-corrected chi connectivity index (χ3v) is 6.17. The zero-order valence-electron chi connectivity index (χ0n) is 18.3. The minimum absolute atomic E-state index is 0.00165. The van der Waals surface area contributed by atoms with E-state index in [1.54, 1.807) is 12.2 Å². The van der Waals surface area contributed by atoms with Crippen LogP contribution in [0.25, 0.3) is 22.3 Å². The number of rotatable bonds is 6. The van der Waals surface area contributed by atoms with Gasteiger partial charge in [0.1, 0.15) is 29.3 Å². The van der Waals surface area contributed by atoms with E-state index < -0.39 is 0 Å². The summed E-state index contributed by atoms with van der Waals surface area (Å²) in [4.78, 5) is 22.9. The minimum atomic E-state index is 0.00165. The Hall–Kier alpha value is -3.72. The number of aromatic nitrogens is 4. The van der Waals surface area contributed by atoms with E-state index in [1.165, 1.54) is 6.33 Å². The minimum Gasteiger partial charge on any atom is -0.457 e. The highest BCUT2D eigenvalue weighted by Gasteiger charge is 2.30. The number of hydrogen-bond acceptors (Lipinski definition) is 6. The van der Waals surface area contributed by atoms with E-state index in [9.17, 15) is 4.79 Å². The number of hydrogen-bond donors (Lipinski definition) is 1. The highest BCUT2D eigenvalue weighted by atomic mass is 79.9. The number of likely N-dealkylation sites (tertiary alicyclic amines) is 1. The lowest BCUT2D eigenvalue weighted by Crippen LogP contribution is -2.27. The van der Waals surface area contributed by atoms with Crippen molar-refractivity contribution in [3.8, 4) is 22.8 Å². The fraction of sp³-hybridized carbons (Fsp3) is 0.200. The quantitative estimate of drug-likeness (QED) is 0.296. The largest absolute Gasteiger partial charge is 0.457 e. The average molecular weight is 519 g/mol. The highest BCUT2D eigenvalue weighted by molar-refractivity contribution is 9.09. The summed E-state index contributed by atoms with van der Waals surface area (Å²) in [5.41, 5.74) is 8.53. The Kier molecular flexibility index (Phi) is 6.27. The number of allylic oxidation sites excluding steroid dienone is 1. The molecule has 1 fully saturated rings. The maximum Gasteiger partial charge on any atom is 0.246 e. The number of halogens is 1. The summed E-state index contributed by atoms with van der Waals surface area (Å²) in [5.74, 6) is 1.88. The molecule has 4 aromatic rings. The Morgan fingerprint density at radius 3 is 2.65 bits per heavy atom. The first-order valence-corrected chi connectivity index (χ1v) is 12.1. The summed E-state index contributed by atoms with van der Waals surface area (Å²) in [5, 5.41) is 6.26. The molecule has 0 saturated carbocycles. The van der Waals surface area contributed by atoms with E-state index in [2.05, 4.69) is 25.9 Å². The maximum absolute atomic E-state index is 12.4. The molecule has 0 aliphatic carbocycles. The van der Waals surface area contributed by atoms with Gasteiger partial charge in [0.2, 0.25) is 5.91 Å². The fourth-order valence-electron chi connectivity index (χ4n) is 4.15.